The highest BCUT2D eigenvalue weighted by molar-refractivity contribution is 6.35. The second-order valence-corrected chi connectivity index (χ2v) is 10.4. The van der Waals surface area contributed by atoms with Gasteiger partial charge in [-0.1, -0.05) is 67.6 Å². The van der Waals surface area contributed by atoms with Gasteiger partial charge in [-0.3, -0.25) is 9.59 Å². The first-order valence-corrected chi connectivity index (χ1v) is 13.6. The number of fused-ring (bicyclic) bond motifs is 1. The maximum absolute atomic E-state index is 13.7. The Morgan fingerprint density at radius 3 is 2.61 bits per heavy atom. The van der Waals surface area contributed by atoms with Gasteiger partial charge in [-0.05, 0) is 55.5 Å². The SMILES string of the molecule is CCCN1C(=O)C(NC(=O)CCc2ccc(Cl)cc2Cl)N=C(N(C)C2CCCCC2)c2ccccc21. The van der Waals surface area contributed by atoms with Gasteiger partial charge in [0.15, 0.2) is 0 Å². The van der Waals surface area contributed by atoms with Gasteiger partial charge < -0.3 is 15.1 Å². The zero-order chi connectivity index (χ0) is 25.7. The number of rotatable bonds is 7. The molecule has 2 aromatic carbocycles. The summed E-state index contributed by atoms with van der Waals surface area (Å²) in [7, 11) is 2.06. The summed E-state index contributed by atoms with van der Waals surface area (Å²) in [6, 6.07) is 13.5. The van der Waals surface area contributed by atoms with Crippen LogP contribution in [-0.2, 0) is 16.0 Å². The number of aryl methyl sites for hydroxylation is 1. The first-order chi connectivity index (χ1) is 17.4. The predicted molar refractivity (Wildman–Crippen MR) is 147 cm³/mol. The number of aliphatic imine (C=N–C) groups is 1. The maximum atomic E-state index is 13.7. The minimum Gasteiger partial charge on any atom is -0.356 e. The third kappa shape index (κ3) is 6.04. The van der Waals surface area contributed by atoms with Crippen molar-refractivity contribution in [2.45, 2.75) is 70.5 Å². The molecule has 2 aliphatic rings. The highest BCUT2D eigenvalue weighted by Gasteiger charge is 2.34. The molecule has 2 amide bonds. The molecular weight excluding hydrogens is 495 g/mol. The van der Waals surface area contributed by atoms with E-state index in [1.807, 2.05) is 37.3 Å². The summed E-state index contributed by atoms with van der Waals surface area (Å²) in [5.74, 6) is 0.301. The van der Waals surface area contributed by atoms with E-state index < -0.39 is 6.17 Å². The van der Waals surface area contributed by atoms with E-state index in [1.54, 1.807) is 17.0 Å². The van der Waals surface area contributed by atoms with Gasteiger partial charge in [0.05, 0.1) is 5.69 Å². The Morgan fingerprint density at radius 1 is 1.14 bits per heavy atom. The lowest BCUT2D eigenvalue weighted by Gasteiger charge is -2.34. The van der Waals surface area contributed by atoms with Crippen molar-refractivity contribution in [2.24, 2.45) is 4.99 Å². The molecule has 6 nitrogen and oxygen atoms in total. The van der Waals surface area contributed by atoms with Crippen molar-refractivity contribution in [3.63, 3.8) is 0 Å². The fraction of sp³-hybridized carbons (Fsp3) is 0.464. The number of nitrogens with zero attached hydrogens (tertiary/aromatic N) is 3. The third-order valence-electron chi connectivity index (χ3n) is 7.03. The maximum Gasteiger partial charge on any atom is 0.272 e. The van der Waals surface area contributed by atoms with Crippen molar-refractivity contribution in [1.29, 1.82) is 0 Å². The summed E-state index contributed by atoms with van der Waals surface area (Å²) >= 11 is 12.3. The molecule has 1 unspecified atom stereocenters. The summed E-state index contributed by atoms with van der Waals surface area (Å²) in [5, 5.41) is 3.99. The average molecular weight is 530 g/mol. The number of halogens is 2. The van der Waals surface area contributed by atoms with Gasteiger partial charge in [0, 0.05) is 41.7 Å². The smallest absolute Gasteiger partial charge is 0.272 e. The number of carbonyl (C=O) groups excluding carboxylic acids is 2. The molecule has 1 aliphatic heterocycles. The largest absolute Gasteiger partial charge is 0.356 e. The van der Waals surface area contributed by atoms with Crippen LogP contribution in [0.5, 0.6) is 0 Å². The van der Waals surface area contributed by atoms with Crippen molar-refractivity contribution < 1.29 is 9.59 Å². The molecule has 2 aromatic rings. The molecule has 8 heteroatoms. The van der Waals surface area contributed by atoms with Gasteiger partial charge in [0.2, 0.25) is 12.1 Å². The van der Waals surface area contributed by atoms with E-state index in [9.17, 15) is 9.59 Å². The van der Waals surface area contributed by atoms with Gasteiger partial charge in [-0.15, -0.1) is 0 Å². The van der Waals surface area contributed by atoms with Crippen LogP contribution in [0.15, 0.2) is 47.5 Å². The molecular formula is C28H34Cl2N4O2. The quantitative estimate of drug-likeness (QED) is 0.491. The third-order valence-corrected chi connectivity index (χ3v) is 7.61. The number of benzodiazepines with no additional fused rings is 1. The lowest BCUT2D eigenvalue weighted by molar-refractivity contribution is -0.127. The normalized spacial score (nSPS) is 18.3. The Labute approximate surface area is 223 Å². The van der Waals surface area contributed by atoms with E-state index in [1.165, 1.54) is 19.3 Å². The van der Waals surface area contributed by atoms with Crippen LogP contribution in [0.2, 0.25) is 10.0 Å². The molecule has 0 bridgehead atoms. The zero-order valence-electron chi connectivity index (χ0n) is 21.0. The lowest BCUT2D eigenvalue weighted by atomic mass is 9.94. The molecule has 1 heterocycles. The van der Waals surface area contributed by atoms with Crippen LogP contribution in [0.25, 0.3) is 0 Å². The topological polar surface area (TPSA) is 65.0 Å². The van der Waals surface area contributed by atoms with Gasteiger partial charge in [-0.25, -0.2) is 4.99 Å². The number of benzene rings is 2. The number of carbonyl (C=O) groups is 2. The Morgan fingerprint density at radius 2 is 1.89 bits per heavy atom. The summed E-state index contributed by atoms with van der Waals surface area (Å²) in [6.07, 6.45) is 6.28. The van der Waals surface area contributed by atoms with Crippen LogP contribution in [0.4, 0.5) is 5.69 Å². The van der Waals surface area contributed by atoms with Gasteiger partial charge in [-0.2, -0.15) is 0 Å². The van der Waals surface area contributed by atoms with E-state index in [0.29, 0.717) is 29.1 Å². The van der Waals surface area contributed by atoms with Crippen molar-refractivity contribution >= 4 is 46.5 Å². The summed E-state index contributed by atoms with van der Waals surface area (Å²) in [6.45, 7) is 2.60. The van der Waals surface area contributed by atoms with Crippen LogP contribution >= 0.6 is 23.2 Å². The average Bonchev–Trinajstić information content (AvgIpc) is 2.99. The fourth-order valence-electron chi connectivity index (χ4n) is 5.08. The van der Waals surface area contributed by atoms with Gasteiger partial charge in [0.1, 0.15) is 5.84 Å². The van der Waals surface area contributed by atoms with Crippen molar-refractivity contribution in [3.8, 4) is 0 Å². The van der Waals surface area contributed by atoms with Gasteiger partial charge >= 0.3 is 0 Å². The van der Waals surface area contributed by atoms with E-state index in [0.717, 1.165) is 41.9 Å². The molecule has 1 fully saturated rings. The van der Waals surface area contributed by atoms with E-state index in [4.69, 9.17) is 28.2 Å². The molecule has 1 atom stereocenters. The number of hydrogen-bond acceptors (Lipinski definition) is 4. The first-order valence-electron chi connectivity index (χ1n) is 12.8. The minimum absolute atomic E-state index is 0.190. The van der Waals surface area contributed by atoms with Crippen LogP contribution in [0, 0.1) is 0 Å². The summed E-state index contributed by atoms with van der Waals surface area (Å²) < 4.78 is 0. The van der Waals surface area contributed by atoms with E-state index >= 15 is 0 Å². The summed E-state index contributed by atoms with van der Waals surface area (Å²) in [4.78, 5) is 35.6. The van der Waals surface area contributed by atoms with Crippen LogP contribution in [-0.4, -0.2) is 48.3 Å². The molecule has 0 aromatic heterocycles. The standard InChI is InChI=1S/C28H34Cl2N4O2/c1-3-17-34-24-12-8-7-11-22(24)27(33(2)21-9-5-4-6-10-21)32-26(28(34)36)31-25(35)16-14-19-13-15-20(29)18-23(19)30/h7-8,11-13,15,18,21,26H,3-6,9-10,14,16-17H2,1-2H3,(H,31,35). The monoisotopic (exact) mass is 528 g/mol. The molecule has 1 aliphatic carbocycles. The Balaban J connectivity index is 1.61. The molecule has 0 spiro atoms. The van der Waals surface area contributed by atoms with Crippen molar-refractivity contribution in [1.82, 2.24) is 10.2 Å². The van der Waals surface area contributed by atoms with Crippen molar-refractivity contribution in [2.75, 3.05) is 18.5 Å². The van der Waals surface area contributed by atoms with E-state index in [2.05, 4.69) is 17.3 Å². The number of amidine groups is 1. The molecule has 192 valence electrons. The van der Waals surface area contributed by atoms with Crippen LogP contribution < -0.4 is 10.2 Å². The first kappa shape index (κ1) is 26.5. The van der Waals surface area contributed by atoms with Gasteiger partial charge in [0.25, 0.3) is 5.91 Å². The summed E-state index contributed by atoms with van der Waals surface area (Å²) in [5.41, 5.74) is 2.61. The highest BCUT2D eigenvalue weighted by atomic mass is 35.5. The number of anilines is 1. The molecule has 4 rings (SSSR count). The molecule has 0 radical (unpaired) electrons. The molecule has 1 N–H and O–H groups in total. The lowest BCUT2D eigenvalue weighted by Crippen LogP contribution is -2.48. The second kappa shape index (κ2) is 12.1. The number of nitrogens with one attached hydrogen (secondary N) is 1. The Kier molecular flexibility index (Phi) is 8.91. The van der Waals surface area contributed by atoms with Crippen molar-refractivity contribution in [3.05, 3.63) is 63.6 Å². The van der Waals surface area contributed by atoms with Crippen LogP contribution in [0.3, 0.4) is 0 Å². The second-order valence-electron chi connectivity index (χ2n) is 9.57. The molecule has 36 heavy (non-hydrogen) atoms. The Hall–Kier alpha value is -2.57. The van der Waals surface area contributed by atoms with Crippen LogP contribution in [0.1, 0.15) is 63.0 Å². The molecule has 1 saturated carbocycles. The highest BCUT2D eigenvalue weighted by Crippen LogP contribution is 2.30. The predicted octanol–water partition coefficient (Wildman–Crippen LogP) is 5.84. The minimum atomic E-state index is -0.988. The number of amides is 2. The number of para-hydroxylation sites is 1. The molecule has 0 saturated heterocycles. The van der Waals surface area contributed by atoms with E-state index in [-0.39, 0.29) is 18.2 Å². The fourth-order valence-corrected chi connectivity index (χ4v) is 5.58. The zero-order valence-corrected chi connectivity index (χ0v) is 22.5. The Bertz CT molecular complexity index is 1130. The number of hydrogen-bond donors (Lipinski definition) is 1.